The van der Waals surface area contributed by atoms with Crippen molar-refractivity contribution in [3.8, 4) is 11.5 Å². The van der Waals surface area contributed by atoms with Crippen LogP contribution in [-0.2, 0) is 21.2 Å². The molecule has 1 N–H and O–H groups in total. The predicted octanol–water partition coefficient (Wildman–Crippen LogP) is 3.26. The van der Waals surface area contributed by atoms with Gasteiger partial charge in [-0.3, -0.25) is 4.79 Å². The zero-order chi connectivity index (χ0) is 20.7. The highest BCUT2D eigenvalue weighted by Gasteiger charge is 2.37. The lowest BCUT2D eigenvalue weighted by Crippen LogP contribution is -2.31. The minimum Gasteiger partial charge on any atom is -0.490 e. The molecule has 0 spiro atoms. The van der Waals surface area contributed by atoms with E-state index in [4.69, 9.17) is 9.47 Å². The molecule has 8 heteroatoms. The summed E-state index contributed by atoms with van der Waals surface area (Å²) in [6.45, 7) is 1.69. The third kappa shape index (κ3) is 3.44. The molecule has 0 bridgehead atoms. The van der Waals surface area contributed by atoms with E-state index in [1.165, 1.54) is 0 Å². The molecule has 0 aliphatic carbocycles. The highest BCUT2D eigenvalue weighted by molar-refractivity contribution is 7.89. The van der Waals surface area contributed by atoms with Gasteiger partial charge in [0.15, 0.2) is 11.5 Å². The number of carbonyl (C=O) groups is 1. The van der Waals surface area contributed by atoms with Crippen molar-refractivity contribution in [1.82, 2.24) is 4.31 Å². The van der Waals surface area contributed by atoms with Crippen LogP contribution in [0.15, 0.2) is 41.3 Å². The van der Waals surface area contributed by atoms with Crippen molar-refractivity contribution in [2.75, 3.05) is 25.1 Å². The molecule has 30 heavy (non-hydrogen) atoms. The van der Waals surface area contributed by atoms with Gasteiger partial charge in [0, 0.05) is 25.1 Å². The van der Waals surface area contributed by atoms with Crippen LogP contribution in [-0.4, -0.2) is 38.4 Å². The van der Waals surface area contributed by atoms with E-state index in [9.17, 15) is 13.2 Å². The van der Waals surface area contributed by atoms with Crippen LogP contribution in [0.3, 0.4) is 0 Å². The maximum atomic E-state index is 13.5. The van der Waals surface area contributed by atoms with E-state index in [0.717, 1.165) is 30.4 Å². The highest BCUT2D eigenvalue weighted by atomic mass is 32.2. The Morgan fingerprint density at radius 2 is 1.80 bits per heavy atom. The van der Waals surface area contributed by atoms with E-state index in [0.29, 0.717) is 49.8 Å². The fourth-order valence-electron chi connectivity index (χ4n) is 4.40. The molecule has 0 radical (unpaired) electrons. The lowest BCUT2D eigenvalue weighted by molar-refractivity contribution is -0.116. The standard InChI is InChI=1S/C22H24N2O5S/c25-22-9-5-15-13-17(6-7-18(15)23-22)30(26,27)24-10-1-3-19(24)16-4-8-20-21(14-16)29-12-2-11-28-20/h4,6-8,13-14,19H,1-3,5,9-12H2,(H,23,25)/t19-/m1/s1. The second kappa shape index (κ2) is 7.59. The molecule has 1 atom stereocenters. The normalized spacial score (nSPS) is 21.6. The Labute approximate surface area is 176 Å². The molecule has 2 aromatic rings. The molecule has 1 fully saturated rings. The Morgan fingerprint density at radius 3 is 2.67 bits per heavy atom. The lowest BCUT2D eigenvalue weighted by atomic mass is 10.0. The number of rotatable bonds is 3. The number of benzene rings is 2. The number of sulfonamides is 1. The zero-order valence-corrected chi connectivity index (χ0v) is 17.4. The Bertz CT molecular complexity index is 1100. The van der Waals surface area contributed by atoms with Gasteiger partial charge in [-0.05, 0) is 60.7 Å². The average molecular weight is 429 g/mol. The van der Waals surface area contributed by atoms with Crippen LogP contribution in [0.1, 0.15) is 42.9 Å². The van der Waals surface area contributed by atoms with Crippen LogP contribution in [0.2, 0.25) is 0 Å². The predicted molar refractivity (Wildman–Crippen MR) is 111 cm³/mol. The van der Waals surface area contributed by atoms with Crippen LogP contribution in [0.25, 0.3) is 0 Å². The van der Waals surface area contributed by atoms with Crippen molar-refractivity contribution in [3.05, 3.63) is 47.5 Å². The number of carbonyl (C=O) groups excluding carboxylic acids is 1. The van der Waals surface area contributed by atoms with Gasteiger partial charge in [-0.15, -0.1) is 0 Å². The quantitative estimate of drug-likeness (QED) is 0.811. The van der Waals surface area contributed by atoms with Crippen molar-refractivity contribution in [2.45, 2.75) is 43.0 Å². The summed E-state index contributed by atoms with van der Waals surface area (Å²) in [5.74, 6) is 1.35. The van der Waals surface area contributed by atoms with Gasteiger partial charge in [0.1, 0.15) is 0 Å². The maximum absolute atomic E-state index is 13.5. The topological polar surface area (TPSA) is 84.9 Å². The third-order valence-corrected chi connectivity index (χ3v) is 7.84. The van der Waals surface area contributed by atoms with Gasteiger partial charge < -0.3 is 14.8 Å². The molecule has 1 saturated heterocycles. The Balaban J connectivity index is 1.46. The summed E-state index contributed by atoms with van der Waals surface area (Å²) in [4.78, 5) is 11.9. The molecule has 3 aliphatic rings. The molecule has 2 aromatic carbocycles. The van der Waals surface area contributed by atoms with Gasteiger partial charge in [-0.25, -0.2) is 8.42 Å². The lowest BCUT2D eigenvalue weighted by Gasteiger charge is -2.26. The number of amides is 1. The molecular formula is C22H24N2O5S. The third-order valence-electron chi connectivity index (χ3n) is 5.94. The summed E-state index contributed by atoms with van der Waals surface area (Å²) in [6, 6.07) is 10.5. The minimum absolute atomic E-state index is 0.0351. The summed E-state index contributed by atoms with van der Waals surface area (Å²) in [5, 5.41) is 2.80. The molecule has 7 nitrogen and oxygen atoms in total. The zero-order valence-electron chi connectivity index (χ0n) is 16.6. The van der Waals surface area contributed by atoms with E-state index in [1.54, 1.807) is 22.5 Å². The molecule has 1 amide bonds. The first-order valence-corrected chi connectivity index (χ1v) is 11.8. The SMILES string of the molecule is O=C1CCc2cc(S(=O)(=O)N3CCC[C@@H]3c3ccc4c(c3)OCCCO4)ccc2N1. The molecule has 3 aliphatic heterocycles. The van der Waals surface area contributed by atoms with Crippen LogP contribution in [0, 0.1) is 0 Å². The van der Waals surface area contributed by atoms with Crippen molar-refractivity contribution in [1.29, 1.82) is 0 Å². The van der Waals surface area contributed by atoms with Gasteiger partial charge in [0.2, 0.25) is 15.9 Å². The number of hydrogen-bond acceptors (Lipinski definition) is 5. The second-order valence-electron chi connectivity index (χ2n) is 7.90. The first-order chi connectivity index (χ1) is 14.5. The molecule has 0 aromatic heterocycles. The van der Waals surface area contributed by atoms with Crippen LogP contribution >= 0.6 is 0 Å². The maximum Gasteiger partial charge on any atom is 0.243 e. The van der Waals surface area contributed by atoms with Crippen molar-refractivity contribution >= 4 is 21.6 Å². The number of hydrogen-bond donors (Lipinski definition) is 1. The van der Waals surface area contributed by atoms with Crippen LogP contribution in [0.5, 0.6) is 11.5 Å². The molecule has 0 unspecified atom stereocenters. The highest BCUT2D eigenvalue weighted by Crippen LogP contribution is 2.41. The van der Waals surface area contributed by atoms with Gasteiger partial charge >= 0.3 is 0 Å². The van der Waals surface area contributed by atoms with E-state index < -0.39 is 10.0 Å². The monoisotopic (exact) mass is 428 g/mol. The number of anilines is 1. The number of ether oxygens (including phenoxy) is 2. The summed E-state index contributed by atoms with van der Waals surface area (Å²) in [6.07, 6.45) is 3.32. The van der Waals surface area contributed by atoms with Crippen LogP contribution < -0.4 is 14.8 Å². The van der Waals surface area contributed by atoms with Gasteiger partial charge in [0.05, 0.1) is 24.2 Å². The molecule has 158 valence electrons. The molecule has 3 heterocycles. The summed E-state index contributed by atoms with van der Waals surface area (Å²) in [5.41, 5.74) is 2.48. The fourth-order valence-corrected chi connectivity index (χ4v) is 6.14. The number of aryl methyl sites for hydroxylation is 1. The largest absolute Gasteiger partial charge is 0.490 e. The van der Waals surface area contributed by atoms with Crippen molar-refractivity contribution < 1.29 is 22.7 Å². The smallest absolute Gasteiger partial charge is 0.243 e. The van der Waals surface area contributed by atoms with Gasteiger partial charge in [-0.1, -0.05) is 6.07 Å². The van der Waals surface area contributed by atoms with Gasteiger partial charge in [-0.2, -0.15) is 4.31 Å². The first-order valence-electron chi connectivity index (χ1n) is 10.4. The minimum atomic E-state index is -3.66. The Morgan fingerprint density at radius 1 is 0.967 bits per heavy atom. The first kappa shape index (κ1) is 19.4. The average Bonchev–Trinajstić information content (AvgIpc) is 3.13. The summed E-state index contributed by atoms with van der Waals surface area (Å²) in [7, 11) is -3.66. The Kier molecular flexibility index (Phi) is 4.91. The number of fused-ring (bicyclic) bond motifs is 2. The number of nitrogens with one attached hydrogen (secondary N) is 1. The van der Waals surface area contributed by atoms with Crippen molar-refractivity contribution in [2.24, 2.45) is 0 Å². The van der Waals surface area contributed by atoms with E-state index in [1.807, 2.05) is 18.2 Å². The summed E-state index contributed by atoms with van der Waals surface area (Å²) >= 11 is 0. The van der Waals surface area contributed by atoms with Crippen molar-refractivity contribution in [3.63, 3.8) is 0 Å². The summed E-state index contributed by atoms with van der Waals surface area (Å²) < 4.78 is 40.1. The van der Waals surface area contributed by atoms with Gasteiger partial charge in [0.25, 0.3) is 0 Å². The van der Waals surface area contributed by atoms with E-state index in [-0.39, 0.29) is 16.8 Å². The fraction of sp³-hybridized carbons (Fsp3) is 0.409. The molecular weight excluding hydrogens is 404 g/mol. The Hall–Kier alpha value is -2.58. The van der Waals surface area contributed by atoms with E-state index in [2.05, 4.69) is 5.32 Å². The number of nitrogens with zero attached hydrogens (tertiary/aromatic N) is 1. The van der Waals surface area contributed by atoms with Crippen LogP contribution in [0.4, 0.5) is 5.69 Å². The van der Waals surface area contributed by atoms with E-state index >= 15 is 0 Å². The molecule has 5 rings (SSSR count). The molecule has 0 saturated carbocycles. The second-order valence-corrected chi connectivity index (χ2v) is 9.79.